The Hall–Kier alpha value is -0.740. The second-order valence-corrected chi connectivity index (χ2v) is 6.43. The molecule has 1 aliphatic carbocycles. The molecule has 1 fully saturated rings. The first-order chi connectivity index (χ1) is 9.11. The van der Waals surface area contributed by atoms with Gasteiger partial charge in [-0.3, -0.25) is 9.78 Å². The molecule has 1 aromatic heterocycles. The Kier molecular flexibility index (Phi) is 5.11. The zero-order valence-electron chi connectivity index (χ0n) is 11.3. The minimum absolute atomic E-state index is 0.108. The molecule has 1 saturated carbocycles. The number of carbonyl (C=O) groups excluding carboxylic acids is 1. The van der Waals surface area contributed by atoms with Crippen molar-refractivity contribution >= 4 is 29.3 Å². The Bertz CT molecular complexity index is 467. The molecule has 1 N–H and O–H groups in total. The average molecular weight is 299 g/mol. The van der Waals surface area contributed by atoms with Crippen LogP contribution in [0.5, 0.6) is 0 Å². The van der Waals surface area contributed by atoms with E-state index < -0.39 is 0 Å². The molecule has 0 saturated heterocycles. The van der Waals surface area contributed by atoms with E-state index >= 15 is 0 Å². The average Bonchev–Trinajstić information content (AvgIpc) is 2.39. The van der Waals surface area contributed by atoms with Crippen LogP contribution in [0.4, 0.5) is 0 Å². The van der Waals surface area contributed by atoms with Gasteiger partial charge in [-0.15, -0.1) is 0 Å². The summed E-state index contributed by atoms with van der Waals surface area (Å²) in [6.45, 7) is 1.86. The van der Waals surface area contributed by atoms with Gasteiger partial charge in [-0.2, -0.15) is 11.8 Å². The van der Waals surface area contributed by atoms with Gasteiger partial charge in [0.05, 0.1) is 10.6 Å². The first-order valence-corrected chi connectivity index (χ1v) is 8.24. The lowest BCUT2D eigenvalue weighted by Gasteiger charge is -2.31. The molecule has 0 radical (unpaired) electrons. The summed E-state index contributed by atoms with van der Waals surface area (Å²) >= 11 is 7.94. The van der Waals surface area contributed by atoms with E-state index in [4.69, 9.17) is 11.6 Å². The molecule has 19 heavy (non-hydrogen) atoms. The largest absolute Gasteiger partial charge is 0.348 e. The summed E-state index contributed by atoms with van der Waals surface area (Å²) in [4.78, 5) is 16.4. The molecule has 0 aromatic carbocycles. The van der Waals surface area contributed by atoms with Crippen molar-refractivity contribution in [2.24, 2.45) is 0 Å². The van der Waals surface area contributed by atoms with Crippen LogP contribution in [0, 0.1) is 6.92 Å². The van der Waals surface area contributed by atoms with E-state index in [1.54, 1.807) is 12.3 Å². The Morgan fingerprint density at radius 3 is 2.89 bits per heavy atom. The van der Waals surface area contributed by atoms with Gasteiger partial charge in [0.15, 0.2) is 0 Å². The SMILES string of the molecule is CSC1CCCCC1NC(=O)c1cnc(C)cc1Cl. The fourth-order valence-electron chi connectivity index (χ4n) is 2.48. The topological polar surface area (TPSA) is 42.0 Å². The van der Waals surface area contributed by atoms with E-state index in [9.17, 15) is 4.79 Å². The maximum atomic E-state index is 12.3. The predicted molar refractivity (Wildman–Crippen MR) is 81.0 cm³/mol. The molecule has 2 unspecified atom stereocenters. The van der Waals surface area contributed by atoms with Crippen LogP contribution in [0.2, 0.25) is 5.02 Å². The van der Waals surface area contributed by atoms with Crippen molar-refractivity contribution in [3.05, 3.63) is 28.5 Å². The monoisotopic (exact) mass is 298 g/mol. The van der Waals surface area contributed by atoms with Gasteiger partial charge >= 0.3 is 0 Å². The van der Waals surface area contributed by atoms with Gasteiger partial charge in [-0.05, 0) is 32.1 Å². The van der Waals surface area contributed by atoms with Crippen molar-refractivity contribution in [2.45, 2.75) is 43.9 Å². The number of aromatic nitrogens is 1. The van der Waals surface area contributed by atoms with Crippen LogP contribution in [0.3, 0.4) is 0 Å². The standard InChI is InChI=1S/C14H19ClN2OS/c1-9-7-11(15)10(8-16-9)14(18)17-12-5-3-4-6-13(12)19-2/h7-8,12-13H,3-6H2,1-2H3,(H,17,18). The molecular formula is C14H19ClN2OS. The molecular weight excluding hydrogens is 280 g/mol. The zero-order valence-corrected chi connectivity index (χ0v) is 12.9. The van der Waals surface area contributed by atoms with Gasteiger partial charge in [0.1, 0.15) is 0 Å². The van der Waals surface area contributed by atoms with Gasteiger partial charge in [0.25, 0.3) is 5.91 Å². The molecule has 0 aliphatic heterocycles. The van der Waals surface area contributed by atoms with Gasteiger partial charge in [0, 0.05) is 23.2 Å². The van der Waals surface area contributed by atoms with Crippen molar-refractivity contribution < 1.29 is 4.79 Å². The van der Waals surface area contributed by atoms with Crippen LogP contribution >= 0.6 is 23.4 Å². The number of halogens is 1. The molecule has 3 nitrogen and oxygen atoms in total. The molecule has 1 heterocycles. The number of carbonyl (C=O) groups is 1. The highest BCUT2D eigenvalue weighted by molar-refractivity contribution is 7.99. The van der Waals surface area contributed by atoms with Crippen LogP contribution in [-0.4, -0.2) is 28.4 Å². The molecule has 1 amide bonds. The second kappa shape index (κ2) is 6.62. The third kappa shape index (κ3) is 3.63. The normalized spacial score (nSPS) is 23.1. The van der Waals surface area contributed by atoms with Crippen LogP contribution in [-0.2, 0) is 0 Å². The number of rotatable bonds is 3. The van der Waals surface area contributed by atoms with Gasteiger partial charge < -0.3 is 5.32 Å². The van der Waals surface area contributed by atoms with Crippen molar-refractivity contribution in [1.29, 1.82) is 0 Å². The fraction of sp³-hybridized carbons (Fsp3) is 0.571. The van der Waals surface area contributed by atoms with E-state index in [0.717, 1.165) is 12.1 Å². The third-order valence-corrected chi connectivity index (χ3v) is 5.04. The summed E-state index contributed by atoms with van der Waals surface area (Å²) in [5.41, 5.74) is 1.29. The lowest BCUT2D eigenvalue weighted by molar-refractivity contribution is 0.0929. The smallest absolute Gasteiger partial charge is 0.254 e. The highest BCUT2D eigenvalue weighted by Gasteiger charge is 2.26. The van der Waals surface area contributed by atoms with Gasteiger partial charge in [-0.25, -0.2) is 0 Å². The minimum Gasteiger partial charge on any atom is -0.348 e. The molecule has 104 valence electrons. The van der Waals surface area contributed by atoms with Crippen molar-refractivity contribution in [3.8, 4) is 0 Å². The van der Waals surface area contributed by atoms with Crippen LogP contribution < -0.4 is 5.32 Å². The van der Waals surface area contributed by atoms with E-state index in [0.29, 0.717) is 15.8 Å². The number of thioether (sulfide) groups is 1. The summed E-state index contributed by atoms with van der Waals surface area (Å²) in [6.07, 6.45) is 8.33. The highest BCUT2D eigenvalue weighted by atomic mass is 35.5. The van der Waals surface area contributed by atoms with Gasteiger partial charge in [-0.1, -0.05) is 24.4 Å². The molecule has 5 heteroatoms. The maximum Gasteiger partial charge on any atom is 0.254 e. The molecule has 1 aromatic rings. The van der Waals surface area contributed by atoms with E-state index in [2.05, 4.69) is 16.6 Å². The number of nitrogens with zero attached hydrogens (tertiary/aromatic N) is 1. The van der Waals surface area contributed by atoms with Crippen molar-refractivity contribution in [2.75, 3.05) is 6.26 Å². The number of hydrogen-bond donors (Lipinski definition) is 1. The maximum absolute atomic E-state index is 12.3. The minimum atomic E-state index is -0.108. The number of amides is 1. The highest BCUT2D eigenvalue weighted by Crippen LogP contribution is 2.27. The first-order valence-electron chi connectivity index (χ1n) is 6.57. The second-order valence-electron chi connectivity index (χ2n) is 4.94. The number of pyridine rings is 1. The molecule has 2 rings (SSSR count). The van der Waals surface area contributed by atoms with Crippen LogP contribution in [0.15, 0.2) is 12.3 Å². The van der Waals surface area contributed by atoms with Crippen LogP contribution in [0.25, 0.3) is 0 Å². The third-order valence-electron chi connectivity index (χ3n) is 3.56. The Labute approximate surface area is 123 Å². The van der Waals surface area contributed by atoms with Crippen molar-refractivity contribution in [3.63, 3.8) is 0 Å². The number of hydrogen-bond acceptors (Lipinski definition) is 3. The molecule has 1 aliphatic rings. The Morgan fingerprint density at radius 1 is 1.47 bits per heavy atom. The molecule has 0 bridgehead atoms. The first kappa shape index (κ1) is 14.7. The predicted octanol–water partition coefficient (Wildman–Crippen LogP) is 3.45. The fourth-order valence-corrected chi connectivity index (χ4v) is 3.71. The lowest BCUT2D eigenvalue weighted by Crippen LogP contribution is -2.43. The van der Waals surface area contributed by atoms with Crippen LogP contribution in [0.1, 0.15) is 41.7 Å². The zero-order chi connectivity index (χ0) is 13.8. The summed E-state index contributed by atoms with van der Waals surface area (Å²) in [5.74, 6) is -0.108. The number of nitrogens with one attached hydrogen (secondary N) is 1. The molecule has 2 atom stereocenters. The summed E-state index contributed by atoms with van der Waals surface area (Å²) < 4.78 is 0. The lowest BCUT2D eigenvalue weighted by atomic mass is 9.94. The molecule has 0 spiro atoms. The van der Waals surface area contributed by atoms with E-state index in [1.165, 1.54) is 19.3 Å². The van der Waals surface area contributed by atoms with E-state index in [-0.39, 0.29) is 11.9 Å². The summed E-state index contributed by atoms with van der Waals surface area (Å²) in [7, 11) is 0. The summed E-state index contributed by atoms with van der Waals surface area (Å²) in [5, 5.41) is 4.10. The van der Waals surface area contributed by atoms with Crippen molar-refractivity contribution in [1.82, 2.24) is 10.3 Å². The van der Waals surface area contributed by atoms with Gasteiger partial charge in [0.2, 0.25) is 0 Å². The van der Waals surface area contributed by atoms with E-state index in [1.807, 2.05) is 18.7 Å². The Balaban J connectivity index is 2.07. The number of aryl methyl sites for hydroxylation is 1. The quantitative estimate of drug-likeness (QED) is 0.929. The summed E-state index contributed by atoms with van der Waals surface area (Å²) in [6, 6.07) is 1.97. The Morgan fingerprint density at radius 2 is 2.21 bits per heavy atom.